The van der Waals surface area contributed by atoms with E-state index >= 15 is 0 Å². The van der Waals surface area contributed by atoms with Crippen molar-refractivity contribution < 1.29 is 0 Å². The Labute approximate surface area is 117 Å². The molecule has 0 saturated carbocycles. The molecule has 0 amide bonds. The van der Waals surface area contributed by atoms with Crippen LogP contribution in [0.3, 0.4) is 0 Å². The van der Waals surface area contributed by atoms with Crippen LogP contribution >= 0.6 is 0 Å². The first-order chi connectivity index (χ1) is 9.31. The largest absolute Gasteiger partial charge is 0.313 e. The number of unbranched alkanes of at least 4 members (excludes halogenated alkanes) is 1. The number of rotatable bonds is 8. The predicted octanol–water partition coefficient (Wildman–Crippen LogP) is 2.26. The molecule has 0 spiro atoms. The lowest BCUT2D eigenvalue weighted by Gasteiger charge is -2.25. The lowest BCUT2D eigenvalue weighted by molar-refractivity contribution is 0.237. The van der Waals surface area contributed by atoms with Gasteiger partial charge in [0, 0.05) is 37.4 Å². The number of nitrogens with zero attached hydrogens (tertiary/aromatic N) is 3. The Bertz CT molecular complexity index is 355. The molecule has 19 heavy (non-hydrogen) atoms. The molecule has 1 aliphatic heterocycles. The fourth-order valence-electron chi connectivity index (χ4n) is 2.76. The zero-order valence-corrected chi connectivity index (χ0v) is 12.4. The van der Waals surface area contributed by atoms with E-state index in [0.29, 0.717) is 6.04 Å². The Morgan fingerprint density at radius 1 is 1.47 bits per heavy atom. The van der Waals surface area contributed by atoms with Gasteiger partial charge in [-0.25, -0.2) is 0 Å². The van der Waals surface area contributed by atoms with Crippen LogP contribution in [0.1, 0.15) is 45.1 Å². The molecule has 0 aliphatic carbocycles. The third-order valence-electron chi connectivity index (χ3n) is 3.89. The van der Waals surface area contributed by atoms with Crippen molar-refractivity contribution in [3.8, 4) is 0 Å². The highest BCUT2D eigenvalue weighted by Gasteiger charge is 2.18. The Hall–Kier alpha value is -0.870. The highest BCUT2D eigenvalue weighted by molar-refractivity contribution is 5.03. The van der Waals surface area contributed by atoms with Crippen molar-refractivity contribution >= 4 is 0 Å². The standard InChI is InChI=1S/C15H28N4/c1-3-5-9-18(13-15-7-6-8-16-15)11-14-10-17-19(4-2)12-14/h10,12,15-16H,3-9,11,13H2,1-2H3. The Balaban J connectivity index is 1.87. The van der Waals surface area contributed by atoms with Gasteiger partial charge in [-0.05, 0) is 39.3 Å². The van der Waals surface area contributed by atoms with E-state index < -0.39 is 0 Å². The average molecular weight is 264 g/mol. The van der Waals surface area contributed by atoms with Gasteiger partial charge in [-0.15, -0.1) is 0 Å². The van der Waals surface area contributed by atoms with Gasteiger partial charge in [-0.2, -0.15) is 5.10 Å². The van der Waals surface area contributed by atoms with Crippen LogP contribution < -0.4 is 5.32 Å². The zero-order valence-electron chi connectivity index (χ0n) is 12.4. The molecule has 1 aromatic rings. The molecule has 1 unspecified atom stereocenters. The van der Waals surface area contributed by atoms with Crippen LogP contribution in [0.5, 0.6) is 0 Å². The fourth-order valence-corrected chi connectivity index (χ4v) is 2.76. The van der Waals surface area contributed by atoms with Crippen molar-refractivity contribution in [3.63, 3.8) is 0 Å². The Morgan fingerprint density at radius 2 is 2.37 bits per heavy atom. The van der Waals surface area contributed by atoms with Gasteiger partial charge in [0.2, 0.25) is 0 Å². The molecule has 1 aliphatic rings. The van der Waals surface area contributed by atoms with E-state index in [0.717, 1.165) is 13.1 Å². The second-order valence-corrected chi connectivity index (χ2v) is 5.59. The van der Waals surface area contributed by atoms with Crippen molar-refractivity contribution in [2.75, 3.05) is 19.6 Å². The molecule has 2 rings (SSSR count). The molecule has 4 nitrogen and oxygen atoms in total. The first-order valence-corrected chi connectivity index (χ1v) is 7.79. The summed E-state index contributed by atoms with van der Waals surface area (Å²) in [5.74, 6) is 0. The van der Waals surface area contributed by atoms with Gasteiger partial charge in [0.05, 0.1) is 6.20 Å². The van der Waals surface area contributed by atoms with E-state index in [-0.39, 0.29) is 0 Å². The van der Waals surface area contributed by atoms with Gasteiger partial charge in [-0.1, -0.05) is 13.3 Å². The maximum Gasteiger partial charge on any atom is 0.0534 e. The maximum atomic E-state index is 4.37. The van der Waals surface area contributed by atoms with Crippen LogP contribution in [-0.4, -0.2) is 40.4 Å². The smallest absolute Gasteiger partial charge is 0.0534 e. The summed E-state index contributed by atoms with van der Waals surface area (Å²) < 4.78 is 2.02. The summed E-state index contributed by atoms with van der Waals surface area (Å²) in [5.41, 5.74) is 1.34. The van der Waals surface area contributed by atoms with Crippen LogP contribution in [0, 0.1) is 0 Å². The summed E-state index contributed by atoms with van der Waals surface area (Å²) in [7, 11) is 0. The number of aryl methyl sites for hydroxylation is 1. The molecule has 1 fully saturated rings. The number of hydrogen-bond donors (Lipinski definition) is 1. The molecule has 1 saturated heterocycles. The Kier molecular flexibility index (Phi) is 5.86. The first kappa shape index (κ1) is 14.5. The Morgan fingerprint density at radius 3 is 3.00 bits per heavy atom. The lowest BCUT2D eigenvalue weighted by Crippen LogP contribution is -2.37. The van der Waals surface area contributed by atoms with Crippen LogP contribution in [0.2, 0.25) is 0 Å². The number of aromatic nitrogens is 2. The quantitative estimate of drug-likeness (QED) is 0.782. The molecule has 108 valence electrons. The summed E-state index contributed by atoms with van der Waals surface area (Å²) in [5, 5.41) is 7.98. The number of nitrogens with one attached hydrogen (secondary N) is 1. The average Bonchev–Trinajstić information content (AvgIpc) is 3.07. The van der Waals surface area contributed by atoms with Crippen molar-refractivity contribution in [2.24, 2.45) is 0 Å². The highest BCUT2D eigenvalue weighted by atomic mass is 15.3. The molecule has 0 radical (unpaired) electrons. The molecule has 2 heterocycles. The van der Waals surface area contributed by atoms with E-state index in [1.54, 1.807) is 0 Å². The van der Waals surface area contributed by atoms with E-state index in [2.05, 4.69) is 35.4 Å². The van der Waals surface area contributed by atoms with Crippen LogP contribution in [-0.2, 0) is 13.1 Å². The fraction of sp³-hybridized carbons (Fsp3) is 0.800. The monoisotopic (exact) mass is 264 g/mol. The topological polar surface area (TPSA) is 33.1 Å². The van der Waals surface area contributed by atoms with Crippen molar-refractivity contribution in [1.29, 1.82) is 0 Å². The second-order valence-electron chi connectivity index (χ2n) is 5.59. The summed E-state index contributed by atoms with van der Waals surface area (Å²) in [6.45, 7) is 9.97. The van der Waals surface area contributed by atoms with E-state index in [4.69, 9.17) is 0 Å². The maximum absolute atomic E-state index is 4.37. The third kappa shape index (κ3) is 4.62. The SMILES string of the molecule is CCCCN(Cc1cnn(CC)c1)CC1CCCN1. The van der Waals surface area contributed by atoms with Gasteiger partial charge < -0.3 is 5.32 Å². The minimum atomic E-state index is 0.693. The summed E-state index contributed by atoms with van der Waals surface area (Å²) in [6.07, 6.45) is 9.42. The van der Waals surface area contributed by atoms with E-state index in [1.807, 2.05) is 10.9 Å². The number of hydrogen-bond acceptors (Lipinski definition) is 3. The summed E-state index contributed by atoms with van der Waals surface area (Å²) in [4.78, 5) is 2.59. The van der Waals surface area contributed by atoms with Crippen molar-refractivity contribution in [2.45, 2.75) is 58.7 Å². The van der Waals surface area contributed by atoms with Gasteiger partial charge >= 0.3 is 0 Å². The van der Waals surface area contributed by atoms with Crippen LogP contribution in [0.15, 0.2) is 12.4 Å². The van der Waals surface area contributed by atoms with E-state index in [9.17, 15) is 0 Å². The first-order valence-electron chi connectivity index (χ1n) is 7.79. The molecular formula is C15H28N4. The molecule has 1 N–H and O–H groups in total. The molecule has 0 bridgehead atoms. The minimum absolute atomic E-state index is 0.693. The summed E-state index contributed by atoms with van der Waals surface area (Å²) in [6, 6.07) is 0.693. The zero-order chi connectivity index (χ0) is 13.5. The minimum Gasteiger partial charge on any atom is -0.313 e. The molecule has 1 atom stereocenters. The van der Waals surface area contributed by atoms with Crippen molar-refractivity contribution in [1.82, 2.24) is 20.0 Å². The third-order valence-corrected chi connectivity index (χ3v) is 3.89. The van der Waals surface area contributed by atoms with Gasteiger partial charge in [0.15, 0.2) is 0 Å². The van der Waals surface area contributed by atoms with Crippen LogP contribution in [0.25, 0.3) is 0 Å². The normalized spacial score (nSPS) is 19.4. The van der Waals surface area contributed by atoms with Crippen LogP contribution in [0.4, 0.5) is 0 Å². The second kappa shape index (κ2) is 7.65. The van der Waals surface area contributed by atoms with Gasteiger partial charge in [0.25, 0.3) is 0 Å². The molecular weight excluding hydrogens is 236 g/mol. The van der Waals surface area contributed by atoms with Crippen molar-refractivity contribution in [3.05, 3.63) is 18.0 Å². The summed E-state index contributed by atoms with van der Waals surface area (Å²) >= 11 is 0. The highest BCUT2D eigenvalue weighted by Crippen LogP contribution is 2.11. The van der Waals surface area contributed by atoms with Gasteiger partial charge in [-0.3, -0.25) is 9.58 Å². The molecule has 1 aromatic heterocycles. The van der Waals surface area contributed by atoms with Gasteiger partial charge in [0.1, 0.15) is 0 Å². The molecule has 0 aromatic carbocycles. The molecule has 4 heteroatoms. The lowest BCUT2D eigenvalue weighted by atomic mass is 10.2. The van der Waals surface area contributed by atoms with E-state index in [1.165, 1.54) is 50.9 Å². The predicted molar refractivity (Wildman–Crippen MR) is 79.1 cm³/mol.